The van der Waals surface area contributed by atoms with Gasteiger partial charge < -0.3 is 5.41 Å². The smallest absolute Gasteiger partial charge is 0.0797 e. The van der Waals surface area contributed by atoms with Crippen LogP contribution in [0.25, 0.3) is 0 Å². The molecule has 0 aliphatic heterocycles. The van der Waals surface area contributed by atoms with Crippen LogP contribution in [-0.4, -0.2) is 18.1 Å². The van der Waals surface area contributed by atoms with Gasteiger partial charge in [0.2, 0.25) is 0 Å². The predicted octanol–water partition coefficient (Wildman–Crippen LogP) is 0.607. The van der Waals surface area contributed by atoms with Crippen LogP contribution in [0.4, 0.5) is 0 Å². The lowest BCUT2D eigenvalue weighted by Crippen LogP contribution is -2.08. The van der Waals surface area contributed by atoms with Gasteiger partial charge in [0.25, 0.3) is 0 Å². The van der Waals surface area contributed by atoms with Crippen LogP contribution in [0.2, 0.25) is 0 Å². The van der Waals surface area contributed by atoms with Crippen LogP contribution < -0.4 is 5.53 Å². The molecule has 0 radical (unpaired) electrons. The lowest BCUT2D eigenvalue weighted by molar-refractivity contribution is 0.817. The zero-order valence-electron chi connectivity index (χ0n) is 5.60. The van der Waals surface area contributed by atoms with Gasteiger partial charge in [0.15, 0.2) is 0 Å². The van der Waals surface area contributed by atoms with Crippen molar-refractivity contribution in [3.05, 3.63) is 0 Å². The molecule has 0 unspecified atom stereocenters. The Kier molecular flexibility index (Phi) is 3.27. The van der Waals surface area contributed by atoms with Crippen LogP contribution in [0, 0.1) is 5.41 Å². The Balaban J connectivity index is 3.83. The van der Waals surface area contributed by atoms with Crippen LogP contribution in [0.1, 0.15) is 13.8 Å². The molecule has 0 aromatic heterocycles. The number of rotatable bonds is 3. The van der Waals surface area contributed by atoms with E-state index in [0.717, 1.165) is 0 Å². The zero-order chi connectivity index (χ0) is 7.28. The van der Waals surface area contributed by atoms with E-state index in [9.17, 15) is 0 Å². The molecule has 0 aromatic rings. The average molecular weight is 126 g/mol. The van der Waals surface area contributed by atoms with Crippen molar-refractivity contribution in [2.75, 3.05) is 0 Å². The van der Waals surface area contributed by atoms with Gasteiger partial charge in [-0.05, 0) is 13.8 Å². The van der Waals surface area contributed by atoms with Crippen molar-refractivity contribution < 1.29 is 0 Å². The van der Waals surface area contributed by atoms with E-state index in [4.69, 9.17) is 5.41 Å². The monoisotopic (exact) mass is 126 g/mol. The zero-order valence-corrected chi connectivity index (χ0v) is 5.60. The van der Waals surface area contributed by atoms with Gasteiger partial charge >= 0.3 is 0 Å². The summed E-state index contributed by atoms with van der Waals surface area (Å²) in [5.41, 5.74) is 3.33. The first-order valence-corrected chi connectivity index (χ1v) is 2.49. The van der Waals surface area contributed by atoms with Gasteiger partial charge in [-0.15, -0.1) is 0 Å². The molecule has 4 heteroatoms. The SMILES string of the molecule is C=NNN=C(C)C(C)=N. The molecule has 0 saturated heterocycles. The molecule has 0 atom stereocenters. The highest BCUT2D eigenvalue weighted by Gasteiger charge is 1.89. The summed E-state index contributed by atoms with van der Waals surface area (Å²) in [5, 5.41) is 14.0. The fraction of sp³-hybridized carbons (Fsp3) is 0.400. The summed E-state index contributed by atoms with van der Waals surface area (Å²) in [6.45, 7) is 6.53. The van der Waals surface area contributed by atoms with Gasteiger partial charge in [-0.2, -0.15) is 15.7 Å². The van der Waals surface area contributed by atoms with Crippen molar-refractivity contribution in [1.29, 1.82) is 5.41 Å². The molecule has 0 bridgehead atoms. The Hall–Kier alpha value is -1.19. The van der Waals surface area contributed by atoms with Gasteiger partial charge in [-0.25, -0.2) is 0 Å². The second-order valence-corrected chi connectivity index (χ2v) is 1.58. The molecule has 0 rings (SSSR count). The lowest BCUT2D eigenvalue weighted by Gasteiger charge is -1.93. The summed E-state index contributed by atoms with van der Waals surface area (Å²) >= 11 is 0. The molecule has 0 aromatic carbocycles. The second-order valence-electron chi connectivity index (χ2n) is 1.58. The number of nitrogens with zero attached hydrogens (tertiary/aromatic N) is 2. The highest BCUT2D eigenvalue weighted by molar-refractivity contribution is 6.39. The first kappa shape index (κ1) is 7.81. The highest BCUT2D eigenvalue weighted by Crippen LogP contribution is 1.76. The molecule has 4 nitrogen and oxygen atoms in total. The van der Waals surface area contributed by atoms with E-state index >= 15 is 0 Å². The molecular weight excluding hydrogens is 116 g/mol. The van der Waals surface area contributed by atoms with E-state index in [1.165, 1.54) is 0 Å². The molecule has 0 heterocycles. The van der Waals surface area contributed by atoms with Crippen LogP contribution in [0.3, 0.4) is 0 Å². The minimum Gasteiger partial charge on any atom is -0.304 e. The quantitative estimate of drug-likeness (QED) is 0.422. The normalized spacial score (nSPS) is 10.7. The number of nitrogens with one attached hydrogen (secondary N) is 2. The minimum atomic E-state index is 0.422. The summed E-state index contributed by atoms with van der Waals surface area (Å²) in [7, 11) is 0. The summed E-state index contributed by atoms with van der Waals surface area (Å²) < 4.78 is 0. The largest absolute Gasteiger partial charge is 0.304 e. The number of hydrogen-bond donors (Lipinski definition) is 2. The van der Waals surface area contributed by atoms with Gasteiger partial charge in [-0.3, -0.25) is 0 Å². The van der Waals surface area contributed by atoms with E-state index in [1.54, 1.807) is 13.8 Å². The van der Waals surface area contributed by atoms with Crippen molar-refractivity contribution in [2.45, 2.75) is 13.8 Å². The Morgan fingerprint density at radius 1 is 1.56 bits per heavy atom. The topological polar surface area (TPSA) is 60.6 Å². The third-order valence-corrected chi connectivity index (χ3v) is 0.831. The maximum atomic E-state index is 7.05. The molecule has 0 spiro atoms. The molecule has 0 amide bonds. The summed E-state index contributed by atoms with van der Waals surface area (Å²) in [6, 6.07) is 0. The van der Waals surface area contributed by atoms with E-state index in [-0.39, 0.29) is 0 Å². The Morgan fingerprint density at radius 3 is 2.44 bits per heavy atom. The maximum absolute atomic E-state index is 7.05. The van der Waals surface area contributed by atoms with Gasteiger partial charge in [0.1, 0.15) is 0 Å². The fourth-order valence-electron chi connectivity index (χ4n) is 0.194. The summed E-state index contributed by atoms with van der Waals surface area (Å²) in [5.74, 6) is 0. The van der Waals surface area contributed by atoms with Crippen molar-refractivity contribution in [1.82, 2.24) is 5.53 Å². The van der Waals surface area contributed by atoms with E-state index in [0.29, 0.717) is 11.4 Å². The van der Waals surface area contributed by atoms with Crippen LogP contribution >= 0.6 is 0 Å². The predicted molar refractivity (Wildman–Crippen MR) is 39.2 cm³/mol. The first-order chi connectivity index (χ1) is 4.18. The van der Waals surface area contributed by atoms with E-state index < -0.39 is 0 Å². The van der Waals surface area contributed by atoms with Crippen molar-refractivity contribution in [3.63, 3.8) is 0 Å². The fourth-order valence-corrected chi connectivity index (χ4v) is 0.194. The van der Waals surface area contributed by atoms with Crippen LogP contribution in [0.15, 0.2) is 10.2 Å². The lowest BCUT2D eigenvalue weighted by atomic mass is 10.3. The summed E-state index contributed by atoms with van der Waals surface area (Å²) in [4.78, 5) is 0. The molecule has 0 fully saturated rings. The standard InChI is InChI=1S/C5H10N4/c1-4(6)5(2)8-9-7-3/h6,9H,3H2,1-2H3. The van der Waals surface area contributed by atoms with Gasteiger partial charge in [-0.1, -0.05) is 0 Å². The van der Waals surface area contributed by atoms with Crippen LogP contribution in [-0.2, 0) is 0 Å². The van der Waals surface area contributed by atoms with Crippen molar-refractivity contribution in [3.8, 4) is 0 Å². The Bertz CT molecular complexity index is 147. The molecule has 0 saturated carbocycles. The van der Waals surface area contributed by atoms with Gasteiger partial charge in [0.05, 0.1) is 11.4 Å². The highest BCUT2D eigenvalue weighted by atomic mass is 15.5. The van der Waals surface area contributed by atoms with Crippen molar-refractivity contribution >= 4 is 18.1 Å². The Labute approximate surface area is 54.2 Å². The number of hydrogen-bond acceptors (Lipinski definition) is 4. The number of hydrazone groups is 2. The van der Waals surface area contributed by atoms with Crippen LogP contribution in [0.5, 0.6) is 0 Å². The molecule has 50 valence electrons. The Morgan fingerprint density at radius 2 is 2.11 bits per heavy atom. The average Bonchev–Trinajstić information content (AvgIpc) is 1.82. The maximum Gasteiger partial charge on any atom is 0.0797 e. The van der Waals surface area contributed by atoms with Gasteiger partial charge in [0, 0.05) is 6.72 Å². The van der Waals surface area contributed by atoms with E-state index in [2.05, 4.69) is 22.5 Å². The first-order valence-electron chi connectivity index (χ1n) is 2.49. The minimum absolute atomic E-state index is 0.422. The molecule has 0 aliphatic rings. The van der Waals surface area contributed by atoms with E-state index in [1.807, 2.05) is 0 Å². The molecule has 2 N–H and O–H groups in total. The second kappa shape index (κ2) is 3.77. The summed E-state index contributed by atoms with van der Waals surface area (Å²) in [6.07, 6.45) is 0. The van der Waals surface area contributed by atoms with Crippen molar-refractivity contribution in [2.24, 2.45) is 10.2 Å². The molecular formula is C5H10N4. The molecule has 0 aliphatic carbocycles. The third-order valence-electron chi connectivity index (χ3n) is 0.831. The molecule has 9 heavy (non-hydrogen) atoms. The third kappa shape index (κ3) is 3.40.